The average Bonchev–Trinajstić information content (AvgIpc) is 3.09. The molecule has 0 spiro atoms. The second-order valence-corrected chi connectivity index (χ2v) is 7.59. The van der Waals surface area contributed by atoms with Crippen LogP contribution < -0.4 is 20.3 Å². The topological polar surface area (TPSA) is 76.7 Å². The van der Waals surface area contributed by atoms with Gasteiger partial charge in [-0.25, -0.2) is 0 Å². The smallest absolute Gasteiger partial charge is 0.269 e. The lowest BCUT2D eigenvalue weighted by molar-refractivity contribution is -0.117. The van der Waals surface area contributed by atoms with Crippen LogP contribution in [0.15, 0.2) is 35.7 Å². The Bertz CT molecular complexity index is 843. The van der Waals surface area contributed by atoms with Crippen molar-refractivity contribution in [3.63, 3.8) is 0 Å². The molecule has 2 N–H and O–H groups in total. The van der Waals surface area contributed by atoms with E-state index in [1.54, 1.807) is 35.6 Å². The van der Waals surface area contributed by atoms with Gasteiger partial charge in [0.2, 0.25) is 0 Å². The molecule has 0 bridgehead atoms. The largest absolute Gasteiger partial charge is 0.493 e. The predicted molar refractivity (Wildman–Crippen MR) is 112 cm³/mol. The van der Waals surface area contributed by atoms with Gasteiger partial charge in [0.15, 0.2) is 11.5 Å². The monoisotopic (exact) mass is 402 g/mol. The fourth-order valence-corrected chi connectivity index (χ4v) is 3.09. The van der Waals surface area contributed by atoms with E-state index in [2.05, 4.69) is 24.7 Å². The Morgan fingerprint density at radius 2 is 1.96 bits per heavy atom. The molecule has 6 nitrogen and oxygen atoms in total. The second-order valence-electron chi connectivity index (χ2n) is 6.64. The maximum atomic E-state index is 12.3. The molecule has 0 aliphatic rings. The van der Waals surface area contributed by atoms with Gasteiger partial charge < -0.3 is 9.47 Å². The first kappa shape index (κ1) is 21.5. The van der Waals surface area contributed by atoms with Crippen LogP contribution in [0.3, 0.4) is 0 Å². The number of hydrazine groups is 1. The summed E-state index contributed by atoms with van der Waals surface area (Å²) >= 11 is 1.55. The number of methoxy groups -OCH3 is 1. The summed E-state index contributed by atoms with van der Waals surface area (Å²) in [4.78, 5) is 25.2. The third-order valence-electron chi connectivity index (χ3n) is 3.97. The Morgan fingerprint density at radius 3 is 2.61 bits per heavy atom. The van der Waals surface area contributed by atoms with Gasteiger partial charge in [-0.1, -0.05) is 13.8 Å². The molecular weight excluding hydrogens is 376 g/mol. The van der Waals surface area contributed by atoms with Crippen molar-refractivity contribution < 1.29 is 19.1 Å². The van der Waals surface area contributed by atoms with Crippen LogP contribution in [-0.2, 0) is 4.79 Å². The van der Waals surface area contributed by atoms with Crippen molar-refractivity contribution in [1.29, 1.82) is 0 Å². The van der Waals surface area contributed by atoms with Gasteiger partial charge in [0.25, 0.3) is 11.8 Å². The van der Waals surface area contributed by atoms with Gasteiger partial charge in [-0.15, -0.1) is 11.3 Å². The number of rotatable bonds is 8. The first-order chi connectivity index (χ1) is 13.4. The van der Waals surface area contributed by atoms with Crippen molar-refractivity contribution in [2.24, 2.45) is 5.92 Å². The highest BCUT2D eigenvalue weighted by Gasteiger charge is 2.12. The van der Waals surface area contributed by atoms with E-state index in [0.717, 1.165) is 16.9 Å². The average molecular weight is 403 g/mol. The zero-order chi connectivity index (χ0) is 20.5. The molecule has 7 heteroatoms. The van der Waals surface area contributed by atoms with Gasteiger partial charge in [0.05, 0.1) is 13.7 Å². The lowest BCUT2D eigenvalue weighted by Gasteiger charge is -2.13. The van der Waals surface area contributed by atoms with Crippen molar-refractivity contribution in [2.75, 3.05) is 13.7 Å². The van der Waals surface area contributed by atoms with Crippen LogP contribution in [0.4, 0.5) is 0 Å². The molecule has 28 heavy (non-hydrogen) atoms. The summed E-state index contributed by atoms with van der Waals surface area (Å²) in [5.41, 5.74) is 6.21. The van der Waals surface area contributed by atoms with Gasteiger partial charge in [-0.3, -0.25) is 20.4 Å². The fraction of sp³-hybridized carbons (Fsp3) is 0.333. The molecule has 0 saturated heterocycles. The predicted octanol–water partition coefficient (Wildman–Crippen LogP) is 3.96. The van der Waals surface area contributed by atoms with Crippen molar-refractivity contribution in [3.05, 3.63) is 51.7 Å². The van der Waals surface area contributed by atoms with Crippen LogP contribution in [0.2, 0.25) is 0 Å². The minimum Gasteiger partial charge on any atom is -0.493 e. The summed E-state index contributed by atoms with van der Waals surface area (Å²) in [7, 11) is 1.52. The Hall–Kier alpha value is -2.80. The number of benzene rings is 1. The maximum absolute atomic E-state index is 12.3. The molecule has 1 aromatic carbocycles. The van der Waals surface area contributed by atoms with E-state index in [1.165, 1.54) is 13.2 Å². The van der Waals surface area contributed by atoms with Crippen molar-refractivity contribution in [2.45, 2.75) is 27.2 Å². The Balaban J connectivity index is 1.91. The fourth-order valence-electron chi connectivity index (χ4n) is 2.27. The SMILES string of the molecule is COc1cc(C(=O)NNC(=O)/C=C/c2sccc2C)ccc1OCCC(C)C. The molecule has 0 atom stereocenters. The Labute approximate surface area is 169 Å². The minimum atomic E-state index is -0.443. The molecule has 0 saturated carbocycles. The van der Waals surface area contributed by atoms with E-state index in [0.29, 0.717) is 29.6 Å². The molecule has 0 fully saturated rings. The lowest BCUT2D eigenvalue weighted by Crippen LogP contribution is -2.40. The summed E-state index contributed by atoms with van der Waals surface area (Å²) in [5.74, 6) is 0.731. The first-order valence-electron chi connectivity index (χ1n) is 9.04. The Morgan fingerprint density at radius 1 is 1.18 bits per heavy atom. The summed E-state index contributed by atoms with van der Waals surface area (Å²) < 4.78 is 11.0. The number of aryl methyl sites for hydroxylation is 1. The number of ether oxygens (including phenoxy) is 2. The van der Waals surface area contributed by atoms with Gasteiger partial charge >= 0.3 is 0 Å². The first-order valence-corrected chi connectivity index (χ1v) is 9.92. The minimum absolute atomic E-state index is 0.353. The van der Waals surface area contributed by atoms with E-state index in [9.17, 15) is 9.59 Å². The number of hydrogen-bond donors (Lipinski definition) is 2. The molecule has 0 aliphatic heterocycles. The highest BCUT2D eigenvalue weighted by atomic mass is 32.1. The van der Waals surface area contributed by atoms with Crippen LogP contribution >= 0.6 is 11.3 Å². The molecule has 2 aromatic rings. The molecule has 2 amide bonds. The molecule has 150 valence electrons. The van der Waals surface area contributed by atoms with E-state index in [1.807, 2.05) is 18.4 Å². The Kier molecular flexibility index (Phi) is 8.07. The van der Waals surface area contributed by atoms with Crippen LogP contribution in [0, 0.1) is 12.8 Å². The molecular formula is C21H26N2O4S. The van der Waals surface area contributed by atoms with E-state index < -0.39 is 11.8 Å². The third-order valence-corrected chi connectivity index (χ3v) is 4.95. The summed E-state index contributed by atoms with van der Waals surface area (Å²) in [6.45, 7) is 6.79. The van der Waals surface area contributed by atoms with Gasteiger partial charge in [-0.05, 0) is 60.5 Å². The molecule has 0 aliphatic carbocycles. The van der Waals surface area contributed by atoms with Crippen molar-refractivity contribution >= 4 is 29.2 Å². The van der Waals surface area contributed by atoms with E-state index >= 15 is 0 Å². The van der Waals surface area contributed by atoms with E-state index in [4.69, 9.17) is 9.47 Å². The number of amides is 2. The number of hydrogen-bond acceptors (Lipinski definition) is 5. The highest BCUT2D eigenvalue weighted by Crippen LogP contribution is 2.28. The van der Waals surface area contributed by atoms with Gasteiger partial charge in [0, 0.05) is 16.5 Å². The molecule has 0 radical (unpaired) electrons. The summed E-state index contributed by atoms with van der Waals surface area (Å²) in [6.07, 6.45) is 4.02. The number of thiophene rings is 1. The number of carbonyl (C=O) groups is 2. The number of carbonyl (C=O) groups excluding carboxylic acids is 2. The highest BCUT2D eigenvalue weighted by molar-refractivity contribution is 7.11. The van der Waals surface area contributed by atoms with Gasteiger partial charge in [0.1, 0.15) is 0 Å². The molecule has 2 rings (SSSR count). The van der Waals surface area contributed by atoms with Crippen molar-refractivity contribution in [1.82, 2.24) is 10.9 Å². The standard InChI is InChI=1S/C21H26N2O4S/c1-14(2)9-11-27-17-6-5-16(13-18(17)26-4)21(25)23-22-20(24)8-7-19-15(3)10-12-28-19/h5-8,10,12-14H,9,11H2,1-4H3,(H,22,24)(H,23,25)/b8-7+. The third kappa shape index (κ3) is 6.42. The molecule has 0 unspecified atom stereocenters. The summed E-state index contributed by atoms with van der Waals surface area (Å²) in [5, 5.41) is 1.96. The quantitative estimate of drug-likeness (QED) is 0.518. The van der Waals surface area contributed by atoms with Crippen molar-refractivity contribution in [3.8, 4) is 11.5 Å². The van der Waals surface area contributed by atoms with Crippen LogP contribution in [0.1, 0.15) is 41.1 Å². The second kappa shape index (κ2) is 10.5. The van der Waals surface area contributed by atoms with Crippen LogP contribution in [0.25, 0.3) is 6.08 Å². The zero-order valence-electron chi connectivity index (χ0n) is 16.6. The van der Waals surface area contributed by atoms with Crippen LogP contribution in [0.5, 0.6) is 11.5 Å². The van der Waals surface area contributed by atoms with Crippen LogP contribution in [-0.4, -0.2) is 25.5 Å². The maximum Gasteiger partial charge on any atom is 0.269 e. The van der Waals surface area contributed by atoms with E-state index in [-0.39, 0.29) is 0 Å². The normalized spacial score (nSPS) is 10.9. The number of nitrogens with one attached hydrogen (secondary N) is 2. The summed E-state index contributed by atoms with van der Waals surface area (Å²) in [6, 6.07) is 6.87. The molecule has 1 heterocycles. The van der Waals surface area contributed by atoms with Gasteiger partial charge in [-0.2, -0.15) is 0 Å². The zero-order valence-corrected chi connectivity index (χ0v) is 17.4. The molecule has 1 aromatic heterocycles. The lowest BCUT2D eigenvalue weighted by atomic mass is 10.1.